The largest absolute Gasteiger partial charge is 0.497 e. The summed E-state index contributed by atoms with van der Waals surface area (Å²) in [7, 11) is 1.60. The van der Waals surface area contributed by atoms with E-state index in [0.29, 0.717) is 17.9 Å². The Morgan fingerprint density at radius 1 is 1.09 bits per heavy atom. The van der Waals surface area contributed by atoms with Crippen molar-refractivity contribution in [1.29, 1.82) is 0 Å². The Morgan fingerprint density at radius 3 is 2.52 bits per heavy atom. The summed E-state index contributed by atoms with van der Waals surface area (Å²) >= 11 is 0. The number of para-hydroxylation sites is 1. The first-order valence-electron chi connectivity index (χ1n) is 7.87. The molecule has 1 amide bonds. The fourth-order valence-corrected chi connectivity index (χ4v) is 2.32. The van der Waals surface area contributed by atoms with Crippen molar-refractivity contribution in [2.24, 2.45) is 0 Å². The fraction of sp³-hybridized carbons (Fsp3) is 0.316. The summed E-state index contributed by atoms with van der Waals surface area (Å²) in [5, 5.41) is 2.97. The molecule has 23 heavy (non-hydrogen) atoms. The minimum atomic E-state index is -0.549. The van der Waals surface area contributed by atoms with Crippen LogP contribution < -0.4 is 14.8 Å². The van der Waals surface area contributed by atoms with E-state index in [1.165, 1.54) is 0 Å². The van der Waals surface area contributed by atoms with Gasteiger partial charge in [-0.15, -0.1) is 0 Å². The van der Waals surface area contributed by atoms with E-state index >= 15 is 0 Å². The summed E-state index contributed by atoms with van der Waals surface area (Å²) < 4.78 is 11.0. The van der Waals surface area contributed by atoms with Gasteiger partial charge >= 0.3 is 0 Å². The number of aryl methyl sites for hydroxylation is 1. The maximum atomic E-state index is 12.5. The molecule has 0 aromatic heterocycles. The van der Waals surface area contributed by atoms with Gasteiger partial charge in [0.2, 0.25) is 0 Å². The molecule has 4 nitrogen and oxygen atoms in total. The summed E-state index contributed by atoms with van der Waals surface area (Å²) in [6, 6.07) is 15.1. The molecule has 0 unspecified atom stereocenters. The van der Waals surface area contributed by atoms with Crippen molar-refractivity contribution < 1.29 is 14.3 Å². The molecule has 0 heterocycles. The molecule has 0 saturated carbocycles. The Hall–Kier alpha value is -2.49. The molecule has 0 bridgehead atoms. The third-order valence-corrected chi connectivity index (χ3v) is 3.64. The number of rotatable bonds is 7. The zero-order valence-electron chi connectivity index (χ0n) is 13.8. The molecule has 0 saturated heterocycles. The third-order valence-electron chi connectivity index (χ3n) is 3.64. The molecular formula is C19H23NO3. The lowest BCUT2D eigenvalue weighted by molar-refractivity contribution is -0.122. The molecule has 0 aliphatic heterocycles. The van der Waals surface area contributed by atoms with Crippen LogP contribution in [0.2, 0.25) is 0 Å². The lowest BCUT2D eigenvalue weighted by Gasteiger charge is -2.18. The van der Waals surface area contributed by atoms with Gasteiger partial charge in [-0.1, -0.05) is 38.1 Å². The summed E-state index contributed by atoms with van der Waals surface area (Å²) in [6.45, 7) is 3.99. The Balaban J connectivity index is 2.09. The normalized spacial score (nSPS) is 11.6. The first-order chi connectivity index (χ1) is 11.2. The van der Waals surface area contributed by atoms with Crippen LogP contribution in [0, 0.1) is 0 Å². The van der Waals surface area contributed by atoms with Crippen LogP contribution in [-0.2, 0) is 11.2 Å². The fourth-order valence-electron chi connectivity index (χ4n) is 2.32. The van der Waals surface area contributed by atoms with Crippen molar-refractivity contribution in [3.63, 3.8) is 0 Å². The van der Waals surface area contributed by atoms with Crippen molar-refractivity contribution >= 4 is 11.6 Å². The maximum absolute atomic E-state index is 12.5. The highest BCUT2D eigenvalue weighted by Gasteiger charge is 2.19. The van der Waals surface area contributed by atoms with E-state index in [0.717, 1.165) is 17.7 Å². The van der Waals surface area contributed by atoms with Gasteiger partial charge < -0.3 is 14.8 Å². The van der Waals surface area contributed by atoms with Gasteiger partial charge in [0.25, 0.3) is 5.91 Å². The minimum absolute atomic E-state index is 0.142. The monoisotopic (exact) mass is 313 g/mol. The predicted octanol–water partition coefficient (Wildman–Crippen LogP) is 4.05. The van der Waals surface area contributed by atoms with Crippen LogP contribution in [0.15, 0.2) is 48.5 Å². The SMILES string of the molecule is CCc1ccccc1NC(=O)[C@H](CC)Oc1cccc(OC)c1. The minimum Gasteiger partial charge on any atom is -0.497 e. The highest BCUT2D eigenvalue weighted by Crippen LogP contribution is 2.22. The molecule has 0 aliphatic carbocycles. The van der Waals surface area contributed by atoms with Gasteiger partial charge in [0, 0.05) is 11.8 Å². The van der Waals surface area contributed by atoms with Crippen molar-refractivity contribution in [3.05, 3.63) is 54.1 Å². The van der Waals surface area contributed by atoms with E-state index in [9.17, 15) is 4.79 Å². The summed E-state index contributed by atoms with van der Waals surface area (Å²) in [5.74, 6) is 1.18. The van der Waals surface area contributed by atoms with Crippen molar-refractivity contribution in [2.45, 2.75) is 32.8 Å². The number of benzene rings is 2. The number of carbonyl (C=O) groups is 1. The quantitative estimate of drug-likeness (QED) is 0.838. The molecule has 1 N–H and O–H groups in total. The van der Waals surface area contributed by atoms with Gasteiger partial charge in [-0.25, -0.2) is 0 Å². The van der Waals surface area contributed by atoms with Crippen LogP contribution in [0.1, 0.15) is 25.8 Å². The highest BCUT2D eigenvalue weighted by molar-refractivity contribution is 5.95. The van der Waals surface area contributed by atoms with Crippen LogP contribution in [-0.4, -0.2) is 19.1 Å². The Kier molecular flexibility index (Phi) is 6.03. The summed E-state index contributed by atoms with van der Waals surface area (Å²) in [4.78, 5) is 12.5. The third kappa shape index (κ3) is 4.49. The van der Waals surface area contributed by atoms with Crippen LogP contribution >= 0.6 is 0 Å². The predicted molar refractivity (Wildman–Crippen MR) is 92.2 cm³/mol. The molecule has 4 heteroatoms. The molecule has 1 atom stereocenters. The molecule has 2 aromatic rings. The summed E-state index contributed by atoms with van der Waals surface area (Å²) in [6.07, 6.45) is 0.897. The van der Waals surface area contributed by atoms with Gasteiger partial charge in [-0.3, -0.25) is 4.79 Å². The van der Waals surface area contributed by atoms with E-state index in [2.05, 4.69) is 12.2 Å². The number of nitrogens with one attached hydrogen (secondary N) is 1. The average Bonchev–Trinajstić information content (AvgIpc) is 2.60. The second-order valence-corrected chi connectivity index (χ2v) is 5.19. The van der Waals surface area contributed by atoms with Crippen LogP contribution in [0.3, 0.4) is 0 Å². The average molecular weight is 313 g/mol. The van der Waals surface area contributed by atoms with Crippen molar-refractivity contribution in [1.82, 2.24) is 0 Å². The van der Waals surface area contributed by atoms with E-state index in [1.807, 2.05) is 49.4 Å². The smallest absolute Gasteiger partial charge is 0.265 e. The van der Waals surface area contributed by atoms with E-state index in [4.69, 9.17) is 9.47 Å². The van der Waals surface area contributed by atoms with Crippen LogP contribution in [0.5, 0.6) is 11.5 Å². The topological polar surface area (TPSA) is 47.6 Å². The molecule has 2 aromatic carbocycles. The standard InChI is InChI=1S/C19H23NO3/c1-4-14-9-6-7-12-17(14)20-19(21)18(5-2)23-16-11-8-10-15(13-16)22-3/h6-13,18H,4-5H2,1-3H3,(H,20,21)/t18-/m0/s1. The molecule has 122 valence electrons. The van der Waals surface area contributed by atoms with E-state index in [-0.39, 0.29) is 5.91 Å². The van der Waals surface area contributed by atoms with Gasteiger partial charge in [0.15, 0.2) is 6.10 Å². The summed E-state index contributed by atoms with van der Waals surface area (Å²) in [5.41, 5.74) is 1.95. The molecular weight excluding hydrogens is 290 g/mol. The number of ether oxygens (including phenoxy) is 2. The van der Waals surface area contributed by atoms with Crippen molar-refractivity contribution in [3.8, 4) is 11.5 Å². The first kappa shape index (κ1) is 16.9. The Morgan fingerprint density at radius 2 is 1.83 bits per heavy atom. The van der Waals surface area contributed by atoms with Gasteiger partial charge in [-0.2, -0.15) is 0 Å². The Bertz CT molecular complexity index is 655. The number of carbonyl (C=O) groups excluding carboxylic acids is 1. The molecule has 2 rings (SSSR count). The molecule has 0 spiro atoms. The van der Waals surface area contributed by atoms with E-state index < -0.39 is 6.10 Å². The van der Waals surface area contributed by atoms with Crippen LogP contribution in [0.25, 0.3) is 0 Å². The molecule has 0 radical (unpaired) electrons. The zero-order chi connectivity index (χ0) is 16.7. The van der Waals surface area contributed by atoms with Crippen LogP contribution in [0.4, 0.5) is 5.69 Å². The molecule has 0 fully saturated rings. The number of anilines is 1. The Labute approximate surface area is 137 Å². The molecule has 0 aliphatic rings. The van der Waals surface area contributed by atoms with Gasteiger partial charge in [-0.05, 0) is 36.6 Å². The maximum Gasteiger partial charge on any atom is 0.265 e. The highest BCUT2D eigenvalue weighted by atomic mass is 16.5. The second kappa shape index (κ2) is 8.22. The second-order valence-electron chi connectivity index (χ2n) is 5.19. The van der Waals surface area contributed by atoms with Gasteiger partial charge in [0.05, 0.1) is 7.11 Å². The number of hydrogen-bond donors (Lipinski definition) is 1. The number of methoxy groups -OCH3 is 1. The number of amides is 1. The van der Waals surface area contributed by atoms with E-state index in [1.54, 1.807) is 13.2 Å². The van der Waals surface area contributed by atoms with Gasteiger partial charge in [0.1, 0.15) is 11.5 Å². The van der Waals surface area contributed by atoms with Crippen molar-refractivity contribution in [2.75, 3.05) is 12.4 Å². The lowest BCUT2D eigenvalue weighted by Crippen LogP contribution is -2.32. The number of hydrogen-bond acceptors (Lipinski definition) is 3. The lowest BCUT2D eigenvalue weighted by atomic mass is 10.1. The zero-order valence-corrected chi connectivity index (χ0v) is 13.8. The first-order valence-corrected chi connectivity index (χ1v) is 7.87.